The average Bonchev–Trinajstić information content (AvgIpc) is 2.84. The van der Waals surface area contributed by atoms with Gasteiger partial charge in [-0.25, -0.2) is 0 Å². The van der Waals surface area contributed by atoms with Crippen molar-refractivity contribution >= 4 is 11.7 Å². The molecule has 0 spiro atoms. The van der Waals surface area contributed by atoms with E-state index in [-0.39, 0.29) is 41.6 Å². The molecule has 6 atom stereocenters. The third kappa shape index (κ3) is 0.823. The molecule has 0 N–H and O–H groups in total. The van der Waals surface area contributed by atoms with Gasteiger partial charge < -0.3 is 9.64 Å². The molecule has 4 heteroatoms. The third-order valence-corrected chi connectivity index (χ3v) is 5.34. The second-order valence-electron chi connectivity index (χ2n) is 6.36. The van der Waals surface area contributed by atoms with Gasteiger partial charge in [-0.1, -0.05) is 0 Å². The smallest absolute Gasteiger partial charge is 0.229 e. The van der Waals surface area contributed by atoms with Crippen LogP contribution in [0.3, 0.4) is 0 Å². The predicted octanol–water partition coefficient (Wildman–Crippen LogP) is 0.803. The van der Waals surface area contributed by atoms with E-state index in [1.165, 1.54) is 0 Å². The number of ether oxygens (including phenoxy) is 1. The van der Waals surface area contributed by atoms with Gasteiger partial charge in [0.25, 0.3) is 0 Å². The Hall–Kier alpha value is -0.900. The minimum atomic E-state index is -0.522. The first-order chi connectivity index (χ1) is 7.97. The first-order valence-electron chi connectivity index (χ1n) is 6.51. The topological polar surface area (TPSA) is 46.6 Å². The van der Waals surface area contributed by atoms with Gasteiger partial charge in [-0.15, -0.1) is 0 Å². The highest BCUT2D eigenvalue weighted by molar-refractivity contribution is 5.98. The summed E-state index contributed by atoms with van der Waals surface area (Å²) < 4.78 is 6.03. The Kier molecular flexibility index (Phi) is 1.53. The van der Waals surface area contributed by atoms with E-state index in [4.69, 9.17) is 4.74 Å². The molecule has 2 aliphatic carbocycles. The molecule has 4 rings (SSSR count). The summed E-state index contributed by atoms with van der Waals surface area (Å²) in [5.41, 5.74) is -0.522. The van der Waals surface area contributed by atoms with E-state index >= 15 is 0 Å². The molecule has 17 heavy (non-hydrogen) atoms. The van der Waals surface area contributed by atoms with E-state index in [1.807, 2.05) is 25.7 Å². The summed E-state index contributed by atoms with van der Waals surface area (Å²) in [6.45, 7) is 6.05. The number of amides is 1. The Morgan fingerprint density at radius 1 is 1.41 bits per heavy atom. The molecule has 2 aliphatic heterocycles. The molecule has 2 saturated heterocycles. The van der Waals surface area contributed by atoms with Gasteiger partial charge in [-0.2, -0.15) is 0 Å². The second-order valence-corrected chi connectivity index (χ2v) is 6.36. The van der Waals surface area contributed by atoms with E-state index in [0.29, 0.717) is 5.92 Å². The van der Waals surface area contributed by atoms with Gasteiger partial charge in [0.2, 0.25) is 5.91 Å². The number of Topliss-reactive ketones (excluding diaryl/α,β-unsaturated/α-hetero) is 1. The summed E-state index contributed by atoms with van der Waals surface area (Å²) >= 11 is 0. The monoisotopic (exact) mass is 235 g/mol. The molecule has 4 nitrogen and oxygen atoms in total. The highest BCUT2D eigenvalue weighted by Gasteiger charge is 2.77. The minimum absolute atomic E-state index is 0.0481. The number of carbonyl (C=O) groups excluding carboxylic acids is 2. The Labute approximate surface area is 100 Å². The average molecular weight is 235 g/mol. The Morgan fingerprint density at radius 2 is 2.12 bits per heavy atom. The van der Waals surface area contributed by atoms with Crippen LogP contribution in [-0.4, -0.2) is 34.5 Å². The van der Waals surface area contributed by atoms with Gasteiger partial charge >= 0.3 is 0 Å². The van der Waals surface area contributed by atoms with Crippen LogP contribution in [0.25, 0.3) is 0 Å². The van der Waals surface area contributed by atoms with Crippen LogP contribution in [0, 0.1) is 23.7 Å². The zero-order valence-electron chi connectivity index (χ0n) is 10.3. The van der Waals surface area contributed by atoms with Gasteiger partial charge in [0.1, 0.15) is 11.8 Å². The summed E-state index contributed by atoms with van der Waals surface area (Å²) in [7, 11) is 0. The number of ketones is 1. The minimum Gasteiger partial charge on any atom is -0.344 e. The molecule has 0 radical (unpaired) electrons. The molecular weight excluding hydrogens is 218 g/mol. The van der Waals surface area contributed by atoms with Crippen molar-refractivity contribution in [3.05, 3.63) is 0 Å². The number of likely N-dealkylation sites (tertiary alicyclic amines) is 1. The van der Waals surface area contributed by atoms with Crippen molar-refractivity contribution < 1.29 is 14.3 Å². The molecule has 4 fully saturated rings. The van der Waals surface area contributed by atoms with E-state index in [0.717, 1.165) is 6.42 Å². The first-order valence-corrected chi connectivity index (χ1v) is 6.51. The van der Waals surface area contributed by atoms with Crippen LogP contribution in [0.15, 0.2) is 0 Å². The molecule has 0 aromatic heterocycles. The summed E-state index contributed by atoms with van der Waals surface area (Å²) in [5.74, 6) is 0.759. The number of fused-ring (bicyclic) bond motifs is 2. The quantitative estimate of drug-likeness (QED) is 0.675. The molecule has 0 aromatic rings. The van der Waals surface area contributed by atoms with Gasteiger partial charge in [0.05, 0.1) is 5.92 Å². The summed E-state index contributed by atoms with van der Waals surface area (Å²) in [6, 6.07) is 0.145. The van der Waals surface area contributed by atoms with E-state index in [9.17, 15) is 9.59 Å². The Balaban J connectivity index is 1.89. The number of carbonyl (C=O) groups is 2. The fourth-order valence-electron chi connectivity index (χ4n) is 5.03. The standard InChI is InChI=1S/C13H17NO3/c1-5(2)14-12(16)8-6-4-7-9(8)13(14,3)17-11(7)10(6)15/h5-9,11H,4H2,1-3H3. The zero-order valence-corrected chi connectivity index (χ0v) is 10.3. The van der Waals surface area contributed by atoms with Crippen LogP contribution in [-0.2, 0) is 14.3 Å². The van der Waals surface area contributed by atoms with Gasteiger partial charge in [-0.05, 0) is 27.2 Å². The van der Waals surface area contributed by atoms with Crippen LogP contribution < -0.4 is 0 Å². The maximum absolute atomic E-state index is 12.5. The van der Waals surface area contributed by atoms with Crippen LogP contribution in [0.4, 0.5) is 0 Å². The number of hydrogen-bond acceptors (Lipinski definition) is 3. The van der Waals surface area contributed by atoms with Gasteiger partial charge in [0.15, 0.2) is 5.78 Å². The number of rotatable bonds is 1. The molecule has 6 unspecified atom stereocenters. The SMILES string of the molecule is CC(C)N1C(=O)C2C3CC4C(OC1(C)C42)C3=O. The lowest BCUT2D eigenvalue weighted by molar-refractivity contribution is -0.171. The lowest BCUT2D eigenvalue weighted by atomic mass is 9.78. The molecular formula is C13H17NO3. The molecule has 2 saturated carbocycles. The van der Waals surface area contributed by atoms with Crippen LogP contribution in [0.5, 0.6) is 0 Å². The summed E-state index contributed by atoms with van der Waals surface area (Å²) in [4.78, 5) is 26.5. The fraction of sp³-hybridized carbons (Fsp3) is 0.846. The van der Waals surface area contributed by atoms with E-state index in [2.05, 4.69) is 0 Å². The molecule has 1 amide bonds. The zero-order chi connectivity index (χ0) is 12.1. The maximum Gasteiger partial charge on any atom is 0.229 e. The second kappa shape index (κ2) is 2.58. The number of hydrogen-bond donors (Lipinski definition) is 0. The fourth-order valence-corrected chi connectivity index (χ4v) is 5.03. The normalized spacial score (nSPS) is 54.6. The van der Waals surface area contributed by atoms with Crippen molar-refractivity contribution in [3.8, 4) is 0 Å². The van der Waals surface area contributed by atoms with Gasteiger partial charge in [-0.3, -0.25) is 9.59 Å². The lowest BCUT2D eigenvalue weighted by Crippen LogP contribution is -2.51. The molecule has 2 heterocycles. The molecule has 0 aromatic carbocycles. The lowest BCUT2D eigenvalue weighted by Gasteiger charge is -2.38. The summed E-state index contributed by atoms with van der Waals surface area (Å²) in [5, 5.41) is 0. The largest absolute Gasteiger partial charge is 0.344 e. The molecule has 92 valence electrons. The van der Waals surface area contributed by atoms with Crippen molar-refractivity contribution in [3.63, 3.8) is 0 Å². The predicted molar refractivity (Wildman–Crippen MR) is 58.8 cm³/mol. The molecule has 2 bridgehead atoms. The highest BCUT2D eigenvalue weighted by atomic mass is 16.5. The first kappa shape index (κ1) is 10.1. The van der Waals surface area contributed by atoms with Crippen LogP contribution >= 0.6 is 0 Å². The third-order valence-electron chi connectivity index (χ3n) is 5.34. The van der Waals surface area contributed by atoms with Gasteiger partial charge in [0, 0.05) is 23.8 Å². The van der Waals surface area contributed by atoms with E-state index in [1.54, 1.807) is 0 Å². The summed E-state index contributed by atoms with van der Waals surface area (Å²) in [6.07, 6.45) is 0.659. The Morgan fingerprint density at radius 3 is 2.76 bits per heavy atom. The number of nitrogens with zero attached hydrogens (tertiary/aromatic N) is 1. The van der Waals surface area contributed by atoms with Crippen LogP contribution in [0.2, 0.25) is 0 Å². The highest BCUT2D eigenvalue weighted by Crippen LogP contribution is 2.66. The van der Waals surface area contributed by atoms with Crippen molar-refractivity contribution in [2.24, 2.45) is 23.7 Å². The maximum atomic E-state index is 12.5. The van der Waals surface area contributed by atoms with Crippen LogP contribution in [0.1, 0.15) is 27.2 Å². The van der Waals surface area contributed by atoms with E-state index < -0.39 is 5.72 Å². The van der Waals surface area contributed by atoms with Crippen molar-refractivity contribution in [2.75, 3.05) is 0 Å². The van der Waals surface area contributed by atoms with Crippen molar-refractivity contribution in [1.82, 2.24) is 4.90 Å². The Bertz CT molecular complexity index is 446. The van der Waals surface area contributed by atoms with Crippen molar-refractivity contribution in [1.29, 1.82) is 0 Å². The molecule has 4 aliphatic rings. The van der Waals surface area contributed by atoms with Crippen molar-refractivity contribution in [2.45, 2.75) is 45.1 Å².